The van der Waals surface area contributed by atoms with Crippen LogP contribution in [0.15, 0.2) is 12.1 Å². The van der Waals surface area contributed by atoms with Crippen molar-refractivity contribution >= 4 is 11.8 Å². The molecule has 1 aromatic rings. The molecule has 2 heterocycles. The Morgan fingerprint density at radius 2 is 2.11 bits per heavy atom. The first-order chi connectivity index (χ1) is 12.8. The number of fused-ring (bicyclic) bond motifs is 1. The van der Waals surface area contributed by atoms with E-state index in [0.717, 1.165) is 31.6 Å². The summed E-state index contributed by atoms with van der Waals surface area (Å²) in [7, 11) is 1.44. The maximum Gasteiger partial charge on any atom is 1.00 e. The number of aromatic nitrogens is 1. The molecule has 1 aromatic heterocycles. The standard InChI is InChI=1S/C12H17N2.C5H9O2.C4H8FO.Li/c1-2-3-6-11-8-7-10-5-4-9-13-12(10)14-11;1-3-4(2)5(6)7;1-4(5)3-6-2;/h7-8H,1-6,9H2,(H,13,14);4H,1,3H2,2H3,(H,6,7);4H,1,3H2,2H3;/q3*-1;+1/t;2*4-;/m.00./s1. The molecule has 0 aromatic carbocycles. The van der Waals surface area contributed by atoms with Crippen molar-refractivity contribution in [1.82, 2.24) is 4.98 Å². The van der Waals surface area contributed by atoms with Gasteiger partial charge in [0, 0.05) is 31.9 Å². The molecule has 2 rings (SSSR count). The Morgan fingerprint density at radius 1 is 1.43 bits per heavy atom. The Kier molecular flexibility index (Phi) is 18.7. The molecule has 0 bridgehead atoms. The van der Waals surface area contributed by atoms with Crippen LogP contribution in [0, 0.1) is 26.7 Å². The van der Waals surface area contributed by atoms with Gasteiger partial charge in [-0.1, -0.05) is 19.4 Å². The van der Waals surface area contributed by atoms with E-state index in [1.165, 1.54) is 31.2 Å². The van der Waals surface area contributed by atoms with Crippen molar-refractivity contribution in [3.63, 3.8) is 0 Å². The molecule has 1 aliphatic heterocycles. The number of aryl methyl sites for hydroxylation is 2. The minimum atomic E-state index is -1.07. The molecule has 2 atom stereocenters. The van der Waals surface area contributed by atoms with Crippen LogP contribution in [-0.4, -0.2) is 42.5 Å². The second kappa shape index (κ2) is 18.0. The Bertz CT molecular complexity index is 530. The predicted octanol–water partition coefficient (Wildman–Crippen LogP) is 1.34. The monoisotopic (exact) mass is 388 g/mol. The van der Waals surface area contributed by atoms with Crippen LogP contribution in [0.5, 0.6) is 0 Å². The van der Waals surface area contributed by atoms with Crippen LogP contribution in [0.4, 0.5) is 10.2 Å². The number of pyridine rings is 1. The summed E-state index contributed by atoms with van der Waals surface area (Å²) in [5.41, 5.74) is 2.57. The van der Waals surface area contributed by atoms with Gasteiger partial charge in [0.05, 0.1) is 0 Å². The van der Waals surface area contributed by atoms with Gasteiger partial charge in [0.15, 0.2) is 0 Å². The van der Waals surface area contributed by atoms with Crippen LogP contribution in [-0.2, 0) is 22.4 Å². The van der Waals surface area contributed by atoms with Crippen molar-refractivity contribution in [1.29, 1.82) is 0 Å². The Hall–Kier alpha value is -1.09. The van der Waals surface area contributed by atoms with E-state index in [-0.39, 0.29) is 31.4 Å². The molecule has 0 saturated heterocycles. The molecule has 0 aliphatic carbocycles. The van der Waals surface area contributed by atoms with Gasteiger partial charge in [0.2, 0.25) is 0 Å². The molecular weight excluding hydrogens is 354 g/mol. The number of nitrogens with one attached hydrogen (secondary N) is 1. The van der Waals surface area contributed by atoms with Gasteiger partial charge in [-0.25, -0.2) is 4.98 Å². The first-order valence-electron chi connectivity index (χ1n) is 9.35. The molecule has 156 valence electrons. The topological polar surface area (TPSA) is 71.5 Å². The number of hydrogen-bond donors (Lipinski definition) is 2. The number of methoxy groups -OCH3 is 1. The van der Waals surface area contributed by atoms with E-state index in [1.54, 1.807) is 6.92 Å². The summed E-state index contributed by atoms with van der Waals surface area (Å²) in [6, 6.07) is 4.37. The summed E-state index contributed by atoms with van der Waals surface area (Å²) in [6.45, 7) is 13.1. The summed E-state index contributed by atoms with van der Waals surface area (Å²) < 4.78 is 15.8. The van der Waals surface area contributed by atoms with Gasteiger partial charge in [-0.15, -0.1) is 0 Å². The Labute approximate surface area is 182 Å². The van der Waals surface area contributed by atoms with Crippen LogP contribution in [0.2, 0.25) is 0 Å². The number of anilines is 1. The number of hydrogen-bond acceptors (Lipinski definition) is 4. The number of halogens is 1. The molecule has 0 radical (unpaired) electrons. The summed E-state index contributed by atoms with van der Waals surface area (Å²) in [5.74, 6) is 0.0489. The molecule has 1 aliphatic rings. The molecule has 0 amide bonds. The van der Waals surface area contributed by atoms with Gasteiger partial charge < -0.3 is 35.9 Å². The van der Waals surface area contributed by atoms with Gasteiger partial charge in [0.1, 0.15) is 5.82 Å². The van der Waals surface area contributed by atoms with E-state index in [4.69, 9.17) is 5.11 Å². The number of rotatable bonds is 7. The minimum absolute atomic E-state index is 0. The van der Waals surface area contributed by atoms with Crippen LogP contribution in [0.3, 0.4) is 0 Å². The van der Waals surface area contributed by atoms with Crippen molar-refractivity contribution in [3.8, 4) is 0 Å². The first kappa shape index (κ1) is 29.1. The predicted molar refractivity (Wildman–Crippen MR) is 108 cm³/mol. The molecule has 0 fully saturated rings. The number of unbranched alkanes of at least 4 members (excludes halogenated alkanes) is 1. The molecular formula is C21H34FLiN2O3-2. The van der Waals surface area contributed by atoms with Crippen molar-refractivity contribution < 1.29 is 37.9 Å². The smallest absolute Gasteiger partial charge is 0.481 e. The van der Waals surface area contributed by atoms with Crippen molar-refractivity contribution in [2.45, 2.75) is 51.6 Å². The van der Waals surface area contributed by atoms with Crippen LogP contribution >= 0.6 is 0 Å². The molecule has 0 saturated carbocycles. The molecule has 2 N–H and O–H groups in total. The average Bonchev–Trinajstić information content (AvgIpc) is 2.66. The molecule has 0 spiro atoms. The zero-order valence-electron chi connectivity index (χ0n) is 17.7. The van der Waals surface area contributed by atoms with Gasteiger partial charge in [-0.05, 0) is 37.1 Å². The zero-order chi connectivity index (χ0) is 20.7. The normalized spacial score (nSPS) is 13.8. The van der Waals surface area contributed by atoms with E-state index in [9.17, 15) is 9.18 Å². The second-order valence-corrected chi connectivity index (χ2v) is 6.38. The number of ether oxygens (including phenoxy) is 1. The number of carboxylic acid groups (broad SMARTS) is 1. The van der Waals surface area contributed by atoms with Crippen LogP contribution < -0.4 is 24.2 Å². The maximum atomic E-state index is 11.5. The number of alkyl halides is 1. The van der Waals surface area contributed by atoms with E-state index < -0.39 is 12.1 Å². The summed E-state index contributed by atoms with van der Waals surface area (Å²) in [5, 5.41) is 11.5. The fourth-order valence-electron chi connectivity index (χ4n) is 2.12. The second-order valence-electron chi connectivity index (χ2n) is 6.38. The zero-order valence-corrected chi connectivity index (χ0v) is 17.7. The third-order valence-corrected chi connectivity index (χ3v) is 3.84. The summed E-state index contributed by atoms with van der Waals surface area (Å²) in [6.07, 6.45) is 4.97. The largest absolute Gasteiger partial charge is 1.00 e. The van der Waals surface area contributed by atoms with Gasteiger partial charge in [-0.3, -0.25) is 9.18 Å². The Morgan fingerprint density at radius 3 is 2.54 bits per heavy atom. The third-order valence-electron chi connectivity index (χ3n) is 3.84. The van der Waals surface area contributed by atoms with Gasteiger partial charge >= 0.3 is 24.8 Å². The minimum Gasteiger partial charge on any atom is -0.481 e. The SMILES string of the molecule is [CH2-]CCCc1ccc2c(n1)NCCC2.[CH2-]C[C@H](C)C(=O)O.[CH2-][C@H](F)COC.[Li+]. The fraction of sp³-hybridized carbons (Fsp3) is 0.571. The maximum absolute atomic E-state index is 11.5. The summed E-state index contributed by atoms with van der Waals surface area (Å²) in [4.78, 5) is 14.5. The number of carboxylic acids is 1. The van der Waals surface area contributed by atoms with Crippen molar-refractivity contribution in [2.75, 3.05) is 25.6 Å². The van der Waals surface area contributed by atoms with E-state index in [2.05, 4.69) is 47.9 Å². The van der Waals surface area contributed by atoms with E-state index in [0.29, 0.717) is 6.42 Å². The number of aliphatic carboxylic acids is 1. The number of nitrogens with zero attached hydrogens (tertiary/aromatic N) is 1. The fourth-order valence-corrected chi connectivity index (χ4v) is 2.12. The van der Waals surface area contributed by atoms with Crippen molar-refractivity contribution in [2.24, 2.45) is 5.92 Å². The molecule has 5 nitrogen and oxygen atoms in total. The molecule has 28 heavy (non-hydrogen) atoms. The van der Waals surface area contributed by atoms with Crippen LogP contribution in [0.1, 0.15) is 43.9 Å². The molecule has 7 heteroatoms. The first-order valence-corrected chi connectivity index (χ1v) is 9.35. The van der Waals surface area contributed by atoms with E-state index in [1.807, 2.05) is 0 Å². The number of carbonyl (C=O) groups is 1. The third kappa shape index (κ3) is 14.0. The van der Waals surface area contributed by atoms with Gasteiger partial charge in [-0.2, -0.15) is 12.8 Å². The molecule has 0 unspecified atom stereocenters. The van der Waals surface area contributed by atoms with E-state index >= 15 is 0 Å². The summed E-state index contributed by atoms with van der Waals surface area (Å²) >= 11 is 0. The Balaban J connectivity index is 0. The van der Waals surface area contributed by atoms with Crippen LogP contribution in [0.25, 0.3) is 0 Å². The quantitative estimate of drug-likeness (QED) is 0.545. The average molecular weight is 388 g/mol. The van der Waals surface area contributed by atoms with Gasteiger partial charge in [0.25, 0.3) is 0 Å². The van der Waals surface area contributed by atoms with Crippen molar-refractivity contribution in [3.05, 3.63) is 44.2 Å².